The van der Waals surface area contributed by atoms with Crippen LogP contribution in [0.2, 0.25) is 0 Å². The highest BCUT2D eigenvalue weighted by molar-refractivity contribution is 5.55. The number of carbonyl (C=O) groups is 1. The highest BCUT2D eigenvalue weighted by Crippen LogP contribution is 2.30. The van der Waals surface area contributed by atoms with E-state index in [2.05, 4.69) is 10.1 Å². The van der Waals surface area contributed by atoms with Crippen molar-refractivity contribution in [1.29, 1.82) is 0 Å². The predicted octanol–water partition coefficient (Wildman–Crippen LogP) is 2.50. The smallest absolute Gasteiger partial charge is 0.334 e. The fourth-order valence-corrected chi connectivity index (χ4v) is 1.33. The fourth-order valence-electron chi connectivity index (χ4n) is 1.33. The van der Waals surface area contributed by atoms with Gasteiger partial charge in [0.05, 0.1) is 12.0 Å². The molecule has 94 valence electrons. The fraction of sp³-hybridized carbons (Fsp3) is 0.182. The minimum atomic E-state index is -4.38. The highest BCUT2D eigenvalue weighted by Gasteiger charge is 2.30. The van der Waals surface area contributed by atoms with Gasteiger partial charge in [0.15, 0.2) is 5.82 Å². The third-order valence-corrected chi connectivity index (χ3v) is 2.19. The molecule has 1 aromatic heterocycles. The molecule has 1 heterocycles. The molecular weight excluding hydrogens is 249 g/mol. The van der Waals surface area contributed by atoms with Gasteiger partial charge < -0.3 is 9.32 Å². The van der Waals surface area contributed by atoms with Crippen LogP contribution in [0.4, 0.5) is 13.2 Å². The first-order valence-corrected chi connectivity index (χ1v) is 4.94. The van der Waals surface area contributed by atoms with E-state index in [0.717, 1.165) is 12.1 Å². The number of carbonyl (C=O) groups excluding carboxylic acids is 1. The number of nitrogens with zero attached hydrogens (tertiary/aromatic N) is 2. The molecule has 0 aliphatic heterocycles. The van der Waals surface area contributed by atoms with Gasteiger partial charge in [0.1, 0.15) is 6.29 Å². The van der Waals surface area contributed by atoms with Gasteiger partial charge in [-0.1, -0.05) is 5.16 Å². The summed E-state index contributed by atoms with van der Waals surface area (Å²) in [5.41, 5.74) is -0.383. The van der Waals surface area contributed by atoms with Crippen molar-refractivity contribution in [2.45, 2.75) is 12.6 Å². The number of rotatable bonds is 3. The maximum atomic E-state index is 12.3. The van der Waals surface area contributed by atoms with Crippen molar-refractivity contribution in [3.63, 3.8) is 0 Å². The maximum absolute atomic E-state index is 12.3. The number of hydrogen-bond donors (Lipinski definition) is 0. The first-order chi connectivity index (χ1) is 8.50. The molecule has 0 saturated heterocycles. The van der Waals surface area contributed by atoms with Crippen LogP contribution < -0.4 is 0 Å². The highest BCUT2D eigenvalue weighted by atomic mass is 19.4. The van der Waals surface area contributed by atoms with Gasteiger partial charge in [-0.05, 0) is 24.3 Å². The molecule has 0 bridgehead atoms. The van der Waals surface area contributed by atoms with Crippen molar-refractivity contribution in [3.05, 3.63) is 35.7 Å². The lowest BCUT2D eigenvalue weighted by Crippen LogP contribution is -2.03. The van der Waals surface area contributed by atoms with Crippen LogP contribution in [-0.4, -0.2) is 16.4 Å². The number of aromatic nitrogens is 2. The van der Waals surface area contributed by atoms with Crippen molar-refractivity contribution < 1.29 is 22.5 Å². The Kier molecular flexibility index (Phi) is 3.14. The van der Waals surface area contributed by atoms with Crippen molar-refractivity contribution in [2.24, 2.45) is 0 Å². The van der Waals surface area contributed by atoms with Crippen molar-refractivity contribution >= 4 is 6.29 Å². The summed E-state index contributed by atoms with van der Waals surface area (Å²) < 4.78 is 41.8. The molecule has 0 aliphatic carbocycles. The third-order valence-electron chi connectivity index (χ3n) is 2.19. The molecule has 2 aromatic rings. The van der Waals surface area contributed by atoms with Crippen molar-refractivity contribution in [1.82, 2.24) is 10.1 Å². The number of hydrogen-bond acceptors (Lipinski definition) is 4. The van der Waals surface area contributed by atoms with Crippen LogP contribution in [0, 0.1) is 0 Å². The Morgan fingerprint density at radius 1 is 1.22 bits per heavy atom. The summed E-state index contributed by atoms with van der Waals surface area (Å²) in [7, 11) is 0. The Labute approximate surface area is 99.4 Å². The summed E-state index contributed by atoms with van der Waals surface area (Å²) >= 11 is 0. The SMILES string of the molecule is O=CCc1noc(-c2ccc(C(F)(F)F)cc2)n1. The molecule has 0 amide bonds. The molecular formula is C11H7F3N2O2. The maximum Gasteiger partial charge on any atom is 0.416 e. The Morgan fingerprint density at radius 3 is 2.44 bits per heavy atom. The second kappa shape index (κ2) is 4.59. The molecule has 18 heavy (non-hydrogen) atoms. The predicted molar refractivity (Wildman–Crippen MR) is 54.5 cm³/mol. The Hall–Kier alpha value is -2.18. The van der Waals surface area contributed by atoms with E-state index < -0.39 is 11.7 Å². The molecule has 7 heteroatoms. The molecule has 0 unspecified atom stereocenters. The lowest BCUT2D eigenvalue weighted by molar-refractivity contribution is -0.137. The van der Waals surface area contributed by atoms with Crippen LogP contribution in [0.15, 0.2) is 28.8 Å². The van der Waals surface area contributed by atoms with Crippen LogP contribution in [0.25, 0.3) is 11.5 Å². The van der Waals surface area contributed by atoms with Crippen molar-refractivity contribution in [2.75, 3.05) is 0 Å². The van der Waals surface area contributed by atoms with E-state index >= 15 is 0 Å². The van der Waals surface area contributed by atoms with E-state index in [1.54, 1.807) is 0 Å². The third kappa shape index (κ3) is 2.55. The van der Waals surface area contributed by atoms with Gasteiger partial charge in [-0.15, -0.1) is 0 Å². The average molecular weight is 256 g/mol. The van der Waals surface area contributed by atoms with Gasteiger partial charge in [-0.2, -0.15) is 18.2 Å². The minimum Gasteiger partial charge on any atom is -0.334 e. The first kappa shape index (κ1) is 12.3. The van der Waals surface area contributed by atoms with E-state index in [4.69, 9.17) is 4.52 Å². The minimum absolute atomic E-state index is 0.00410. The molecule has 0 saturated carbocycles. The molecule has 0 N–H and O–H groups in total. The van der Waals surface area contributed by atoms with Gasteiger partial charge in [-0.3, -0.25) is 0 Å². The average Bonchev–Trinajstić information content (AvgIpc) is 2.77. The van der Waals surface area contributed by atoms with Crippen LogP contribution >= 0.6 is 0 Å². The number of alkyl halides is 3. The summed E-state index contributed by atoms with van der Waals surface area (Å²) in [6, 6.07) is 4.33. The van der Waals surface area contributed by atoms with Crippen LogP contribution in [-0.2, 0) is 17.4 Å². The zero-order valence-electron chi connectivity index (χ0n) is 8.94. The van der Waals surface area contributed by atoms with Crippen molar-refractivity contribution in [3.8, 4) is 11.5 Å². The number of halogens is 3. The summed E-state index contributed by atoms with van der Waals surface area (Å²) in [6.07, 6.45) is -3.76. The summed E-state index contributed by atoms with van der Waals surface area (Å²) in [5.74, 6) is 0.278. The van der Waals surface area contributed by atoms with E-state index in [-0.39, 0.29) is 18.1 Å². The Morgan fingerprint density at radius 2 is 1.89 bits per heavy atom. The van der Waals surface area contributed by atoms with Crippen LogP contribution in [0.3, 0.4) is 0 Å². The second-order valence-corrected chi connectivity index (χ2v) is 3.46. The molecule has 0 aliphatic rings. The quantitative estimate of drug-likeness (QED) is 0.792. The molecule has 0 atom stereocenters. The van der Waals surface area contributed by atoms with E-state index in [1.165, 1.54) is 12.1 Å². The molecule has 4 nitrogen and oxygen atoms in total. The molecule has 0 fully saturated rings. The van der Waals surface area contributed by atoms with Gasteiger partial charge in [-0.25, -0.2) is 0 Å². The van der Waals surface area contributed by atoms with E-state index in [9.17, 15) is 18.0 Å². The topological polar surface area (TPSA) is 56.0 Å². The van der Waals surface area contributed by atoms with E-state index in [0.29, 0.717) is 11.8 Å². The molecule has 1 aromatic carbocycles. The molecule has 2 rings (SSSR count). The Bertz CT molecular complexity index is 546. The number of aldehydes is 1. The number of benzene rings is 1. The zero-order valence-corrected chi connectivity index (χ0v) is 8.94. The van der Waals surface area contributed by atoms with Gasteiger partial charge >= 0.3 is 6.18 Å². The monoisotopic (exact) mass is 256 g/mol. The second-order valence-electron chi connectivity index (χ2n) is 3.46. The Balaban J connectivity index is 2.25. The lowest BCUT2D eigenvalue weighted by atomic mass is 10.1. The lowest BCUT2D eigenvalue weighted by Gasteiger charge is -2.05. The first-order valence-electron chi connectivity index (χ1n) is 4.94. The zero-order chi connectivity index (χ0) is 13.2. The van der Waals surface area contributed by atoms with Gasteiger partial charge in [0.25, 0.3) is 5.89 Å². The van der Waals surface area contributed by atoms with Crippen LogP contribution in [0.1, 0.15) is 11.4 Å². The summed E-state index contributed by atoms with van der Waals surface area (Å²) in [5, 5.41) is 3.51. The van der Waals surface area contributed by atoms with Gasteiger partial charge in [0.2, 0.25) is 0 Å². The normalized spacial score (nSPS) is 11.5. The summed E-state index contributed by atoms with van der Waals surface area (Å²) in [6.45, 7) is 0. The standard InChI is InChI=1S/C11H7F3N2O2/c12-11(13,14)8-3-1-7(2-4-8)10-15-9(5-6-17)16-18-10/h1-4,6H,5H2. The van der Waals surface area contributed by atoms with Gasteiger partial charge in [0, 0.05) is 5.56 Å². The molecule has 0 spiro atoms. The van der Waals surface area contributed by atoms with E-state index in [1.807, 2.05) is 0 Å². The van der Waals surface area contributed by atoms with Crippen LogP contribution in [0.5, 0.6) is 0 Å². The molecule has 0 radical (unpaired) electrons. The largest absolute Gasteiger partial charge is 0.416 e. The summed E-state index contributed by atoms with van der Waals surface area (Å²) in [4.78, 5) is 14.1.